The summed E-state index contributed by atoms with van der Waals surface area (Å²) in [5, 5.41) is 0.701. The number of likely N-dealkylation sites (tertiary alicyclic amines) is 1. The van der Waals surface area contributed by atoms with E-state index in [1.807, 2.05) is 30.0 Å². The van der Waals surface area contributed by atoms with E-state index < -0.39 is 5.60 Å². The van der Waals surface area contributed by atoms with E-state index >= 15 is 0 Å². The lowest BCUT2D eigenvalue weighted by Crippen LogP contribution is -2.52. The minimum absolute atomic E-state index is 0.0549. The molecule has 2 aliphatic rings. The van der Waals surface area contributed by atoms with Crippen LogP contribution in [-0.4, -0.2) is 40.3 Å². The van der Waals surface area contributed by atoms with Gasteiger partial charge in [0.1, 0.15) is 27.1 Å². The number of amides is 1. The Bertz CT molecular complexity index is 1160. The summed E-state index contributed by atoms with van der Waals surface area (Å²) in [5.41, 5.74) is 1.57. The molecule has 31 heavy (non-hydrogen) atoms. The van der Waals surface area contributed by atoms with E-state index in [2.05, 4.69) is 4.98 Å². The number of aromatic nitrogens is 1. The van der Waals surface area contributed by atoms with Crippen molar-refractivity contribution in [3.63, 3.8) is 0 Å². The molecule has 0 bridgehead atoms. The molecule has 2 aliphatic heterocycles. The number of fused-ring (bicyclic) bond motifs is 1. The molecule has 0 aliphatic carbocycles. The van der Waals surface area contributed by atoms with Gasteiger partial charge in [-0.25, -0.2) is 9.37 Å². The maximum Gasteiger partial charge on any atom is 0.265 e. The number of hydrogen-bond donors (Lipinski definition) is 0. The van der Waals surface area contributed by atoms with Crippen LogP contribution >= 0.6 is 11.3 Å². The standard InChI is InChI=1S/C24H21FN2O3S/c1-15-21(31-22(26-15)16-6-8-17(25)9-7-16)23(29)27-12-10-24(11-13-27)14-19(28)18-4-2-3-5-20(18)30-24/h2-9H,10-14H2,1H3. The fraction of sp³-hybridized carbons (Fsp3) is 0.292. The van der Waals surface area contributed by atoms with E-state index in [-0.39, 0.29) is 17.5 Å². The molecular weight excluding hydrogens is 415 g/mol. The summed E-state index contributed by atoms with van der Waals surface area (Å²) in [6, 6.07) is 13.5. The fourth-order valence-electron chi connectivity index (χ4n) is 4.29. The molecule has 0 atom stereocenters. The molecule has 0 saturated carbocycles. The number of carbonyl (C=O) groups is 2. The van der Waals surface area contributed by atoms with Crippen LogP contribution in [0.1, 0.15) is 45.0 Å². The smallest absolute Gasteiger partial charge is 0.265 e. The van der Waals surface area contributed by atoms with Crippen molar-refractivity contribution in [2.24, 2.45) is 0 Å². The predicted octanol–water partition coefficient (Wildman–Crippen LogP) is 4.90. The molecule has 1 fully saturated rings. The first-order chi connectivity index (χ1) is 14.9. The van der Waals surface area contributed by atoms with E-state index in [0.717, 1.165) is 5.56 Å². The number of piperidine rings is 1. The zero-order valence-electron chi connectivity index (χ0n) is 17.1. The lowest BCUT2D eigenvalue weighted by molar-refractivity contribution is -0.00560. The minimum Gasteiger partial charge on any atom is -0.486 e. The Balaban J connectivity index is 1.31. The van der Waals surface area contributed by atoms with Crippen LogP contribution in [0.3, 0.4) is 0 Å². The van der Waals surface area contributed by atoms with Crippen molar-refractivity contribution >= 4 is 23.0 Å². The van der Waals surface area contributed by atoms with Crippen molar-refractivity contribution in [1.82, 2.24) is 9.88 Å². The molecule has 3 heterocycles. The van der Waals surface area contributed by atoms with Crippen molar-refractivity contribution in [2.75, 3.05) is 13.1 Å². The molecule has 1 spiro atoms. The number of para-hydroxylation sites is 1. The van der Waals surface area contributed by atoms with E-state index in [0.29, 0.717) is 59.2 Å². The predicted molar refractivity (Wildman–Crippen MR) is 116 cm³/mol. The molecule has 0 N–H and O–H groups in total. The highest BCUT2D eigenvalue weighted by atomic mass is 32.1. The summed E-state index contributed by atoms with van der Waals surface area (Å²) in [4.78, 5) is 32.7. The van der Waals surface area contributed by atoms with Gasteiger partial charge in [0.25, 0.3) is 5.91 Å². The number of nitrogens with zero attached hydrogens (tertiary/aromatic N) is 2. The number of rotatable bonds is 2. The number of ether oxygens (including phenoxy) is 1. The van der Waals surface area contributed by atoms with Crippen LogP contribution in [0.2, 0.25) is 0 Å². The van der Waals surface area contributed by atoms with Crippen molar-refractivity contribution in [2.45, 2.75) is 31.8 Å². The summed E-state index contributed by atoms with van der Waals surface area (Å²) in [5.74, 6) is 0.381. The third kappa shape index (κ3) is 3.63. The second-order valence-electron chi connectivity index (χ2n) is 8.11. The molecule has 158 valence electrons. The van der Waals surface area contributed by atoms with Gasteiger partial charge in [-0.05, 0) is 43.3 Å². The quantitative estimate of drug-likeness (QED) is 0.574. The summed E-state index contributed by atoms with van der Waals surface area (Å²) in [6.07, 6.45) is 1.57. The first-order valence-corrected chi connectivity index (χ1v) is 11.1. The normalized spacial score (nSPS) is 17.4. The largest absolute Gasteiger partial charge is 0.486 e. The van der Waals surface area contributed by atoms with Crippen molar-refractivity contribution in [3.05, 3.63) is 70.5 Å². The maximum absolute atomic E-state index is 13.2. The van der Waals surface area contributed by atoms with Crippen LogP contribution in [-0.2, 0) is 0 Å². The van der Waals surface area contributed by atoms with Crippen LogP contribution in [0.5, 0.6) is 5.75 Å². The van der Waals surface area contributed by atoms with Gasteiger partial charge in [-0.15, -0.1) is 11.3 Å². The average Bonchev–Trinajstić information content (AvgIpc) is 3.16. The molecule has 1 amide bonds. The number of aryl methyl sites for hydroxylation is 1. The Kier molecular flexibility index (Phi) is 4.85. The number of benzene rings is 2. The number of thiazole rings is 1. The molecule has 5 rings (SSSR count). The van der Waals surface area contributed by atoms with Gasteiger partial charge >= 0.3 is 0 Å². The monoisotopic (exact) mass is 436 g/mol. The molecule has 3 aromatic rings. The zero-order chi connectivity index (χ0) is 21.6. The van der Waals surface area contributed by atoms with Crippen LogP contribution in [0, 0.1) is 12.7 Å². The molecular formula is C24H21FN2O3S. The number of carbonyl (C=O) groups excluding carboxylic acids is 2. The fourth-order valence-corrected chi connectivity index (χ4v) is 5.33. The highest BCUT2D eigenvalue weighted by molar-refractivity contribution is 7.17. The Labute approximate surface area is 183 Å². The average molecular weight is 437 g/mol. The van der Waals surface area contributed by atoms with Gasteiger partial charge in [0, 0.05) is 31.5 Å². The summed E-state index contributed by atoms with van der Waals surface area (Å²) in [7, 11) is 0. The second-order valence-corrected chi connectivity index (χ2v) is 9.11. The number of Topliss-reactive ketones (excluding diaryl/α,β-unsaturated/α-hetero) is 1. The Morgan fingerprint density at radius 3 is 2.58 bits per heavy atom. The molecule has 7 heteroatoms. The first-order valence-electron chi connectivity index (χ1n) is 10.3. The van der Waals surface area contributed by atoms with E-state index in [9.17, 15) is 14.0 Å². The van der Waals surface area contributed by atoms with Gasteiger partial charge in [-0.3, -0.25) is 9.59 Å². The third-order valence-corrected chi connectivity index (χ3v) is 7.24. The van der Waals surface area contributed by atoms with Crippen LogP contribution in [0.25, 0.3) is 10.6 Å². The third-order valence-electron chi connectivity index (χ3n) is 6.04. The molecule has 1 aromatic heterocycles. The topological polar surface area (TPSA) is 59.5 Å². The SMILES string of the molecule is Cc1nc(-c2ccc(F)cc2)sc1C(=O)N1CCC2(CC1)CC(=O)c1ccccc1O2. The maximum atomic E-state index is 13.2. The number of hydrogen-bond acceptors (Lipinski definition) is 5. The molecule has 0 radical (unpaired) electrons. The zero-order valence-corrected chi connectivity index (χ0v) is 17.9. The first kappa shape index (κ1) is 19.9. The minimum atomic E-state index is -0.537. The molecule has 0 unspecified atom stereocenters. The lowest BCUT2D eigenvalue weighted by Gasteiger charge is -2.43. The van der Waals surface area contributed by atoms with Crippen LogP contribution in [0.4, 0.5) is 4.39 Å². The van der Waals surface area contributed by atoms with Gasteiger partial charge in [0.2, 0.25) is 0 Å². The second kappa shape index (κ2) is 7.57. The summed E-state index contributed by atoms with van der Waals surface area (Å²) in [6.45, 7) is 2.87. The van der Waals surface area contributed by atoms with E-state index in [4.69, 9.17) is 4.74 Å². The van der Waals surface area contributed by atoms with E-state index in [1.165, 1.54) is 23.5 Å². The molecule has 5 nitrogen and oxygen atoms in total. The highest BCUT2D eigenvalue weighted by Gasteiger charge is 2.43. The van der Waals surface area contributed by atoms with Gasteiger partial charge in [-0.1, -0.05) is 12.1 Å². The van der Waals surface area contributed by atoms with Crippen LogP contribution < -0.4 is 4.74 Å². The van der Waals surface area contributed by atoms with Crippen molar-refractivity contribution in [1.29, 1.82) is 0 Å². The highest BCUT2D eigenvalue weighted by Crippen LogP contribution is 2.40. The van der Waals surface area contributed by atoms with Crippen molar-refractivity contribution in [3.8, 4) is 16.3 Å². The Morgan fingerprint density at radius 2 is 1.84 bits per heavy atom. The Hall–Kier alpha value is -3.06. The van der Waals surface area contributed by atoms with Gasteiger partial charge < -0.3 is 9.64 Å². The van der Waals surface area contributed by atoms with Crippen LogP contribution in [0.15, 0.2) is 48.5 Å². The lowest BCUT2D eigenvalue weighted by atomic mass is 9.82. The molecule has 1 saturated heterocycles. The number of halogens is 1. The van der Waals surface area contributed by atoms with Gasteiger partial charge in [0.15, 0.2) is 5.78 Å². The van der Waals surface area contributed by atoms with Crippen molar-refractivity contribution < 1.29 is 18.7 Å². The molecule has 2 aromatic carbocycles. The summed E-state index contributed by atoms with van der Waals surface area (Å²) < 4.78 is 19.5. The van der Waals surface area contributed by atoms with E-state index in [1.54, 1.807) is 18.2 Å². The Morgan fingerprint density at radius 1 is 1.13 bits per heavy atom. The van der Waals surface area contributed by atoms with Gasteiger partial charge in [-0.2, -0.15) is 0 Å². The van der Waals surface area contributed by atoms with Gasteiger partial charge in [0.05, 0.1) is 17.7 Å². The number of ketones is 1. The summed E-state index contributed by atoms with van der Waals surface area (Å²) >= 11 is 1.33.